The van der Waals surface area contributed by atoms with Gasteiger partial charge >= 0.3 is 0 Å². The van der Waals surface area contributed by atoms with E-state index in [1.54, 1.807) is 19.2 Å². The molecule has 6 heteroatoms. The summed E-state index contributed by atoms with van der Waals surface area (Å²) in [6.07, 6.45) is 8.71. The Morgan fingerprint density at radius 1 is 0.552 bits per heavy atom. The summed E-state index contributed by atoms with van der Waals surface area (Å²) in [5, 5.41) is 10.2. The van der Waals surface area contributed by atoms with Gasteiger partial charge in [0.2, 0.25) is 0 Å². The van der Waals surface area contributed by atoms with Crippen LogP contribution in [0.4, 0.5) is 39.8 Å². The molecule has 0 spiro atoms. The van der Waals surface area contributed by atoms with Crippen LogP contribution in [0, 0.1) is 17.9 Å². The van der Waals surface area contributed by atoms with Gasteiger partial charge < -0.3 is 19.3 Å². The lowest BCUT2D eigenvalue weighted by molar-refractivity contribution is 0.317. The predicted octanol–water partition coefficient (Wildman–Crippen LogP) is 14.2. The van der Waals surface area contributed by atoms with Gasteiger partial charge in [-0.3, -0.25) is 0 Å². The van der Waals surface area contributed by atoms with Crippen LogP contribution < -0.4 is 19.3 Å². The summed E-state index contributed by atoms with van der Waals surface area (Å²) in [7, 11) is 1.66. The molecule has 0 unspecified atom stereocenters. The Balaban J connectivity index is 1.09. The summed E-state index contributed by atoms with van der Waals surface area (Å²) in [6.45, 7) is 10.7. The summed E-state index contributed by atoms with van der Waals surface area (Å²) in [4.78, 5) is 8.22. The highest BCUT2D eigenvalue weighted by Gasteiger charge is 2.14. The number of benzene rings is 7. The molecular formula is C52H42N4O2. The van der Waals surface area contributed by atoms with Crippen LogP contribution in [0.3, 0.4) is 0 Å². The minimum atomic E-state index is 0.473. The minimum Gasteiger partial charge on any atom is -0.497 e. The van der Waals surface area contributed by atoms with Gasteiger partial charge in [0, 0.05) is 34.1 Å². The van der Waals surface area contributed by atoms with Crippen molar-refractivity contribution in [2.75, 3.05) is 23.5 Å². The second-order valence-corrected chi connectivity index (χ2v) is 13.5. The molecule has 0 fully saturated rings. The third-order valence-electron chi connectivity index (χ3n) is 9.58. The number of nitrogens with zero attached hydrogens (tertiary/aromatic N) is 4. The third kappa shape index (κ3) is 9.17. The average molecular weight is 755 g/mol. The van der Waals surface area contributed by atoms with E-state index in [1.807, 2.05) is 97.1 Å². The van der Waals surface area contributed by atoms with E-state index in [9.17, 15) is 5.26 Å². The van der Waals surface area contributed by atoms with Crippen molar-refractivity contribution in [3.05, 3.63) is 209 Å². The molecule has 58 heavy (non-hydrogen) atoms. The first-order valence-electron chi connectivity index (χ1n) is 19.2. The van der Waals surface area contributed by atoms with Gasteiger partial charge in [-0.25, -0.2) is 4.85 Å². The maximum atomic E-state index is 10.2. The van der Waals surface area contributed by atoms with Crippen LogP contribution >= 0.6 is 0 Å². The average Bonchev–Trinajstić information content (AvgIpc) is 3.29. The Labute approximate surface area is 341 Å². The molecule has 6 nitrogen and oxygen atoms in total. The van der Waals surface area contributed by atoms with Crippen molar-refractivity contribution in [3.63, 3.8) is 0 Å². The van der Waals surface area contributed by atoms with Crippen LogP contribution in [0.5, 0.6) is 11.5 Å². The molecule has 0 amide bonds. The van der Waals surface area contributed by atoms with E-state index in [0.29, 0.717) is 29.0 Å². The smallest absolute Gasteiger partial charge is 0.194 e. The van der Waals surface area contributed by atoms with Gasteiger partial charge in [0.1, 0.15) is 11.5 Å². The number of ether oxygens (including phenoxy) is 2. The molecule has 0 N–H and O–H groups in total. The van der Waals surface area contributed by atoms with Gasteiger partial charge in [-0.1, -0.05) is 91.9 Å². The lowest BCUT2D eigenvalue weighted by Gasteiger charge is -2.25. The summed E-state index contributed by atoms with van der Waals surface area (Å²) < 4.78 is 11.2. The molecule has 0 bridgehead atoms. The van der Waals surface area contributed by atoms with Crippen molar-refractivity contribution in [2.45, 2.75) is 13.3 Å². The van der Waals surface area contributed by atoms with Crippen LogP contribution in [0.15, 0.2) is 170 Å². The molecule has 0 heterocycles. The van der Waals surface area contributed by atoms with Gasteiger partial charge in [0.05, 0.1) is 31.9 Å². The highest BCUT2D eigenvalue weighted by molar-refractivity contribution is 5.84. The van der Waals surface area contributed by atoms with E-state index in [1.165, 1.54) is 0 Å². The summed E-state index contributed by atoms with van der Waals surface area (Å²) in [5.74, 6) is 1.65. The number of anilines is 6. The fourth-order valence-electron chi connectivity index (χ4n) is 6.62. The van der Waals surface area contributed by atoms with Gasteiger partial charge in [-0.05, 0) is 138 Å². The minimum absolute atomic E-state index is 0.473. The molecule has 0 aliphatic heterocycles. The zero-order chi connectivity index (χ0) is 40.1. The molecule has 0 aliphatic rings. The highest BCUT2D eigenvalue weighted by atomic mass is 16.5. The zero-order valence-corrected chi connectivity index (χ0v) is 32.5. The van der Waals surface area contributed by atoms with Crippen molar-refractivity contribution >= 4 is 64.1 Å². The second kappa shape index (κ2) is 18.7. The number of hydrogen-bond donors (Lipinski definition) is 0. The van der Waals surface area contributed by atoms with Gasteiger partial charge in [-0.15, -0.1) is 0 Å². The van der Waals surface area contributed by atoms with Crippen molar-refractivity contribution < 1.29 is 9.47 Å². The number of rotatable bonds is 14. The van der Waals surface area contributed by atoms with E-state index in [4.69, 9.17) is 16.0 Å². The standard InChI is InChI=1S/C52H42N4O2/c1-4-35-58-51-33-29-49(30-34-51)56(45-13-9-6-10-14-45)47-23-17-39(18-24-47)15-21-41-37-52(54-2)42(36-43(41)38-53)22-16-40-19-25-46(26-20-40)55(44-11-7-5-8-12-44)48-27-31-50(57-3)32-28-48/h5-34,36-37H,4,35H2,1,3H3/b21-15+,22-16+. The third-order valence-corrected chi connectivity index (χ3v) is 9.58. The van der Waals surface area contributed by atoms with E-state index in [2.05, 4.69) is 113 Å². The molecule has 0 saturated heterocycles. The number of methoxy groups -OCH3 is 1. The largest absolute Gasteiger partial charge is 0.497 e. The molecule has 0 radical (unpaired) electrons. The van der Waals surface area contributed by atoms with Gasteiger partial charge in [0.15, 0.2) is 5.69 Å². The Bertz CT molecular complexity index is 2570. The SMILES string of the molecule is [C-]#[N+]c1cc(/C=C/c2ccc(N(c3ccccc3)c3ccc(OCCC)cc3)cc2)c(C#N)cc1/C=C/c1ccc(N(c2ccccc2)c2ccc(OC)cc2)cc1. The first-order valence-corrected chi connectivity index (χ1v) is 19.2. The van der Waals surface area contributed by atoms with Crippen LogP contribution in [-0.4, -0.2) is 13.7 Å². The molecule has 7 rings (SSSR count). The van der Waals surface area contributed by atoms with E-state index < -0.39 is 0 Å². The van der Waals surface area contributed by atoms with Gasteiger partial charge in [-0.2, -0.15) is 5.26 Å². The Morgan fingerprint density at radius 2 is 0.983 bits per heavy atom. The van der Waals surface area contributed by atoms with E-state index >= 15 is 0 Å². The van der Waals surface area contributed by atoms with Crippen LogP contribution in [0.2, 0.25) is 0 Å². The lowest BCUT2D eigenvalue weighted by atomic mass is 10.0. The number of nitriles is 1. The molecule has 0 atom stereocenters. The van der Waals surface area contributed by atoms with Crippen molar-refractivity contribution in [2.24, 2.45) is 0 Å². The first-order chi connectivity index (χ1) is 28.6. The molecule has 0 saturated carbocycles. The second-order valence-electron chi connectivity index (χ2n) is 13.5. The molecule has 0 aliphatic carbocycles. The van der Waals surface area contributed by atoms with E-state index in [0.717, 1.165) is 63.2 Å². The van der Waals surface area contributed by atoms with Crippen molar-refractivity contribution in [3.8, 4) is 17.6 Å². The first kappa shape index (κ1) is 38.5. The van der Waals surface area contributed by atoms with Crippen LogP contribution in [0.25, 0.3) is 29.1 Å². The Hall–Kier alpha value is -7.80. The predicted molar refractivity (Wildman–Crippen MR) is 240 cm³/mol. The van der Waals surface area contributed by atoms with Crippen molar-refractivity contribution in [1.29, 1.82) is 5.26 Å². The lowest BCUT2D eigenvalue weighted by Crippen LogP contribution is -2.09. The molecule has 0 aromatic heterocycles. The van der Waals surface area contributed by atoms with Crippen LogP contribution in [0.1, 0.15) is 41.2 Å². The monoisotopic (exact) mass is 754 g/mol. The maximum absolute atomic E-state index is 10.2. The molecular weight excluding hydrogens is 713 g/mol. The fraction of sp³-hybridized carbons (Fsp3) is 0.0769. The van der Waals surface area contributed by atoms with E-state index in [-0.39, 0.29) is 0 Å². The zero-order valence-electron chi connectivity index (χ0n) is 32.5. The summed E-state index contributed by atoms with van der Waals surface area (Å²) in [5.41, 5.74) is 10.4. The summed E-state index contributed by atoms with van der Waals surface area (Å²) in [6, 6.07) is 59.1. The highest BCUT2D eigenvalue weighted by Crippen LogP contribution is 2.37. The number of hydrogen-bond acceptors (Lipinski definition) is 5. The fourth-order valence-corrected chi connectivity index (χ4v) is 6.62. The van der Waals surface area contributed by atoms with Crippen LogP contribution in [-0.2, 0) is 0 Å². The normalized spacial score (nSPS) is 10.9. The van der Waals surface area contributed by atoms with Gasteiger partial charge in [0.25, 0.3) is 0 Å². The number of para-hydroxylation sites is 2. The quantitative estimate of drug-likeness (QED) is 0.0817. The van der Waals surface area contributed by atoms with Crippen molar-refractivity contribution in [1.82, 2.24) is 0 Å². The Kier molecular flexibility index (Phi) is 12.4. The maximum Gasteiger partial charge on any atom is 0.194 e. The topological polar surface area (TPSA) is 53.1 Å². The Morgan fingerprint density at radius 3 is 1.41 bits per heavy atom. The summed E-state index contributed by atoms with van der Waals surface area (Å²) >= 11 is 0. The molecule has 7 aromatic carbocycles. The molecule has 282 valence electrons. The molecule has 7 aromatic rings.